The van der Waals surface area contributed by atoms with Gasteiger partial charge in [-0.1, -0.05) is 19.1 Å². The van der Waals surface area contributed by atoms with E-state index in [1.807, 2.05) is 45.0 Å². The van der Waals surface area contributed by atoms with Gasteiger partial charge in [-0.3, -0.25) is 0 Å². The summed E-state index contributed by atoms with van der Waals surface area (Å²) >= 11 is 0. The van der Waals surface area contributed by atoms with Gasteiger partial charge in [0.15, 0.2) is 0 Å². The maximum atomic E-state index is 8.91. The summed E-state index contributed by atoms with van der Waals surface area (Å²) in [4.78, 5) is 0. The van der Waals surface area contributed by atoms with Crippen LogP contribution in [-0.2, 0) is 0 Å². The number of hydrogen-bond donors (Lipinski definition) is 0. The van der Waals surface area contributed by atoms with E-state index in [2.05, 4.69) is 6.07 Å². The molecule has 0 amide bonds. The van der Waals surface area contributed by atoms with Gasteiger partial charge in [0.05, 0.1) is 18.1 Å². The molecule has 2 nitrogen and oxygen atoms in total. The fourth-order valence-corrected chi connectivity index (χ4v) is 1.45. The van der Waals surface area contributed by atoms with E-state index in [0.717, 1.165) is 17.7 Å². The molecule has 80 valence electrons. The molecule has 0 aliphatic heterocycles. The first-order valence-corrected chi connectivity index (χ1v) is 5.33. The Labute approximate surface area is 91.5 Å². The fourth-order valence-electron chi connectivity index (χ4n) is 1.45. The van der Waals surface area contributed by atoms with Crippen molar-refractivity contribution in [2.45, 2.75) is 39.2 Å². The maximum Gasteiger partial charge on any atom is 0.119 e. The van der Waals surface area contributed by atoms with Gasteiger partial charge in [-0.05, 0) is 38.0 Å². The van der Waals surface area contributed by atoms with Crippen molar-refractivity contribution in [2.24, 2.45) is 0 Å². The van der Waals surface area contributed by atoms with Crippen LogP contribution in [0.15, 0.2) is 24.3 Å². The number of benzene rings is 1. The lowest BCUT2D eigenvalue weighted by Crippen LogP contribution is -2.05. The number of nitriles is 1. The molecular formula is C13H17NO. The first-order valence-electron chi connectivity index (χ1n) is 5.33. The molecule has 2 heteroatoms. The molecule has 0 saturated carbocycles. The van der Waals surface area contributed by atoms with E-state index >= 15 is 0 Å². The third-order valence-corrected chi connectivity index (χ3v) is 2.22. The van der Waals surface area contributed by atoms with Crippen molar-refractivity contribution in [2.75, 3.05) is 0 Å². The summed E-state index contributed by atoms with van der Waals surface area (Å²) in [5.41, 5.74) is 1.07. The smallest absolute Gasteiger partial charge is 0.119 e. The first kappa shape index (κ1) is 11.6. The molecule has 0 spiro atoms. The molecule has 0 aliphatic carbocycles. The van der Waals surface area contributed by atoms with E-state index in [0.29, 0.717) is 0 Å². The van der Waals surface area contributed by atoms with Gasteiger partial charge < -0.3 is 4.74 Å². The molecule has 1 aromatic rings. The molecule has 0 fully saturated rings. The van der Waals surface area contributed by atoms with Crippen molar-refractivity contribution in [1.82, 2.24) is 0 Å². The van der Waals surface area contributed by atoms with Gasteiger partial charge in [0.2, 0.25) is 0 Å². The molecule has 0 aromatic heterocycles. The van der Waals surface area contributed by atoms with Crippen LogP contribution < -0.4 is 4.74 Å². The highest BCUT2D eigenvalue weighted by Crippen LogP contribution is 2.21. The zero-order chi connectivity index (χ0) is 11.3. The Morgan fingerprint density at radius 3 is 2.27 bits per heavy atom. The van der Waals surface area contributed by atoms with Crippen molar-refractivity contribution in [3.63, 3.8) is 0 Å². The van der Waals surface area contributed by atoms with E-state index in [1.54, 1.807) is 0 Å². The minimum atomic E-state index is -0.00176. The third-order valence-electron chi connectivity index (χ3n) is 2.22. The number of hydrogen-bond acceptors (Lipinski definition) is 2. The van der Waals surface area contributed by atoms with Gasteiger partial charge in [-0.2, -0.15) is 5.26 Å². The predicted octanol–water partition coefficient (Wildman–Crippen LogP) is 3.49. The lowest BCUT2D eigenvalue weighted by molar-refractivity contribution is 0.242. The van der Waals surface area contributed by atoms with Crippen LogP contribution in [0.5, 0.6) is 5.75 Å². The lowest BCUT2D eigenvalue weighted by atomic mass is 9.98. The van der Waals surface area contributed by atoms with Crippen molar-refractivity contribution < 1.29 is 4.74 Å². The van der Waals surface area contributed by atoms with Gasteiger partial charge in [0, 0.05) is 0 Å². The molecule has 0 N–H and O–H groups in total. The largest absolute Gasteiger partial charge is 0.491 e. The van der Waals surface area contributed by atoms with E-state index in [9.17, 15) is 0 Å². The number of ether oxygens (including phenoxy) is 1. The molecule has 1 rings (SSSR count). The van der Waals surface area contributed by atoms with Crippen LogP contribution in [0.25, 0.3) is 0 Å². The standard InChI is InChI=1S/C13H17NO/c1-4-11(9-14)12-5-7-13(8-6-12)15-10(2)3/h5-8,10-11H,4H2,1-3H3. The molecular weight excluding hydrogens is 186 g/mol. The minimum Gasteiger partial charge on any atom is -0.491 e. The molecule has 1 unspecified atom stereocenters. The summed E-state index contributed by atoms with van der Waals surface area (Å²) in [5.74, 6) is 0.861. The second-order valence-electron chi connectivity index (χ2n) is 3.83. The lowest BCUT2D eigenvalue weighted by Gasteiger charge is -2.11. The minimum absolute atomic E-state index is 0.00176. The van der Waals surface area contributed by atoms with Crippen LogP contribution in [0.2, 0.25) is 0 Å². The second-order valence-corrected chi connectivity index (χ2v) is 3.83. The molecule has 15 heavy (non-hydrogen) atoms. The van der Waals surface area contributed by atoms with E-state index < -0.39 is 0 Å². The van der Waals surface area contributed by atoms with Crippen molar-refractivity contribution in [3.05, 3.63) is 29.8 Å². The van der Waals surface area contributed by atoms with Crippen LogP contribution >= 0.6 is 0 Å². The van der Waals surface area contributed by atoms with Crippen LogP contribution in [0.3, 0.4) is 0 Å². The van der Waals surface area contributed by atoms with E-state index in [-0.39, 0.29) is 12.0 Å². The van der Waals surface area contributed by atoms with E-state index in [1.165, 1.54) is 0 Å². The molecule has 1 atom stereocenters. The Hall–Kier alpha value is -1.49. The second kappa shape index (κ2) is 5.41. The van der Waals surface area contributed by atoms with Crippen molar-refractivity contribution in [1.29, 1.82) is 5.26 Å². The number of rotatable bonds is 4. The summed E-state index contributed by atoms with van der Waals surface area (Å²) in [5, 5.41) is 8.91. The predicted molar refractivity (Wildman–Crippen MR) is 60.9 cm³/mol. The first-order chi connectivity index (χ1) is 7.17. The molecule has 0 radical (unpaired) electrons. The SMILES string of the molecule is CCC(C#N)c1ccc(OC(C)C)cc1. The summed E-state index contributed by atoms with van der Waals surface area (Å²) in [7, 11) is 0. The highest BCUT2D eigenvalue weighted by Gasteiger charge is 2.07. The van der Waals surface area contributed by atoms with Gasteiger partial charge in [-0.15, -0.1) is 0 Å². The monoisotopic (exact) mass is 203 g/mol. The zero-order valence-corrected chi connectivity index (χ0v) is 9.53. The Balaban J connectivity index is 2.76. The van der Waals surface area contributed by atoms with E-state index in [4.69, 9.17) is 10.00 Å². The number of nitrogens with zero attached hydrogens (tertiary/aromatic N) is 1. The average molecular weight is 203 g/mol. The van der Waals surface area contributed by atoms with Crippen LogP contribution in [0, 0.1) is 11.3 Å². The molecule has 0 saturated heterocycles. The van der Waals surface area contributed by atoms with Gasteiger partial charge >= 0.3 is 0 Å². The van der Waals surface area contributed by atoms with Crippen LogP contribution in [-0.4, -0.2) is 6.10 Å². The Morgan fingerprint density at radius 2 is 1.87 bits per heavy atom. The normalized spacial score (nSPS) is 12.2. The Kier molecular flexibility index (Phi) is 4.17. The highest BCUT2D eigenvalue weighted by atomic mass is 16.5. The topological polar surface area (TPSA) is 33.0 Å². The summed E-state index contributed by atoms with van der Waals surface area (Å²) in [6.07, 6.45) is 1.04. The molecule has 0 bridgehead atoms. The third kappa shape index (κ3) is 3.28. The van der Waals surface area contributed by atoms with Gasteiger partial charge in [0.1, 0.15) is 5.75 Å². The van der Waals surface area contributed by atoms with Crippen molar-refractivity contribution in [3.8, 4) is 11.8 Å². The maximum absolute atomic E-state index is 8.91. The fraction of sp³-hybridized carbons (Fsp3) is 0.462. The molecule has 1 aromatic carbocycles. The Morgan fingerprint density at radius 1 is 1.27 bits per heavy atom. The van der Waals surface area contributed by atoms with Gasteiger partial charge in [-0.25, -0.2) is 0 Å². The quantitative estimate of drug-likeness (QED) is 0.750. The average Bonchev–Trinajstić information content (AvgIpc) is 2.21. The van der Waals surface area contributed by atoms with Gasteiger partial charge in [0.25, 0.3) is 0 Å². The van der Waals surface area contributed by atoms with Crippen LogP contribution in [0.1, 0.15) is 38.7 Å². The highest BCUT2D eigenvalue weighted by molar-refractivity contribution is 5.31. The summed E-state index contributed by atoms with van der Waals surface area (Å²) in [6, 6.07) is 10.1. The molecule has 0 aliphatic rings. The van der Waals surface area contributed by atoms with Crippen molar-refractivity contribution >= 4 is 0 Å². The molecule has 0 heterocycles. The summed E-state index contributed by atoms with van der Waals surface area (Å²) < 4.78 is 5.53. The summed E-state index contributed by atoms with van der Waals surface area (Å²) in [6.45, 7) is 6.02. The van der Waals surface area contributed by atoms with Crippen LogP contribution in [0.4, 0.5) is 0 Å². The zero-order valence-electron chi connectivity index (χ0n) is 9.53. The Bertz CT molecular complexity index is 335.